The van der Waals surface area contributed by atoms with Gasteiger partial charge in [0.05, 0.1) is 5.69 Å². The van der Waals surface area contributed by atoms with Crippen LogP contribution < -0.4 is 0 Å². The van der Waals surface area contributed by atoms with Crippen molar-refractivity contribution in [2.75, 3.05) is 0 Å². The lowest BCUT2D eigenvalue weighted by atomic mass is 10.2. The molecule has 0 aliphatic carbocycles. The van der Waals surface area contributed by atoms with Crippen LogP contribution in [0.15, 0.2) is 48.7 Å². The summed E-state index contributed by atoms with van der Waals surface area (Å²) in [6.45, 7) is 0.390. The number of hydrogen-bond donors (Lipinski definition) is 2. The number of hydrogen-bond acceptors (Lipinski definition) is 3. The number of aliphatic hydroxyl groups is 1. The Hall–Kier alpha value is -2.53. The molecule has 0 saturated heterocycles. The number of carboxylic acid groups (broad SMARTS) is 1. The number of aliphatic carboxylic acids is 1. The summed E-state index contributed by atoms with van der Waals surface area (Å²) < 4.78 is 1.67. The number of benzene rings is 1. The van der Waals surface area contributed by atoms with E-state index in [1.807, 2.05) is 18.2 Å². The van der Waals surface area contributed by atoms with Crippen LogP contribution in [-0.2, 0) is 16.1 Å². The Bertz CT molecular complexity index is 718. The Kier molecular flexibility index (Phi) is 4.45. The van der Waals surface area contributed by atoms with Crippen LogP contribution in [0.1, 0.15) is 11.3 Å². The lowest BCUT2D eigenvalue weighted by molar-refractivity contribution is -0.146. The van der Waals surface area contributed by atoms with E-state index in [0.29, 0.717) is 23.3 Å². The summed E-state index contributed by atoms with van der Waals surface area (Å²) in [4.78, 5) is 21.6. The smallest absolute Gasteiger partial charge is 0.376 e. The van der Waals surface area contributed by atoms with Crippen LogP contribution in [0.3, 0.4) is 0 Å². The monoisotopic (exact) mass is 305 g/mol. The third-order valence-corrected chi connectivity index (χ3v) is 3.24. The third-order valence-electron chi connectivity index (χ3n) is 2.87. The van der Waals surface area contributed by atoms with E-state index in [-0.39, 0.29) is 0 Å². The molecule has 21 heavy (non-hydrogen) atoms. The van der Waals surface area contributed by atoms with Gasteiger partial charge in [0.2, 0.25) is 0 Å². The molecule has 0 aliphatic heterocycles. The molecule has 0 amide bonds. The summed E-state index contributed by atoms with van der Waals surface area (Å²) in [5.41, 5.74) is 1.18. The zero-order chi connectivity index (χ0) is 15.4. The minimum atomic E-state index is -1.62. The Morgan fingerprint density at radius 1 is 1.14 bits per heavy atom. The molecule has 0 fully saturated rings. The molecule has 0 radical (unpaired) electrons. The first-order valence-corrected chi connectivity index (χ1v) is 6.43. The molecule has 0 aliphatic rings. The van der Waals surface area contributed by atoms with Crippen LogP contribution in [-0.4, -0.2) is 26.5 Å². The van der Waals surface area contributed by atoms with E-state index in [1.165, 1.54) is 0 Å². The van der Waals surface area contributed by atoms with Crippen LogP contribution in [0.4, 0.5) is 0 Å². The van der Waals surface area contributed by atoms with Crippen LogP contribution >= 0.6 is 11.6 Å². The van der Waals surface area contributed by atoms with Gasteiger partial charge in [0.1, 0.15) is 5.76 Å². The number of nitrogens with zero attached hydrogens (tertiary/aromatic N) is 1. The molecule has 2 aromatic rings. The zero-order valence-electron chi connectivity index (χ0n) is 10.9. The van der Waals surface area contributed by atoms with Crippen molar-refractivity contribution < 1.29 is 19.8 Å². The summed E-state index contributed by atoms with van der Waals surface area (Å²) in [5.74, 6) is -3.21. The van der Waals surface area contributed by atoms with Crippen LogP contribution in [0.5, 0.6) is 0 Å². The summed E-state index contributed by atoms with van der Waals surface area (Å²) in [7, 11) is 0. The second-order valence-corrected chi connectivity index (χ2v) is 4.72. The number of aliphatic hydroxyl groups excluding tert-OH is 1. The van der Waals surface area contributed by atoms with E-state index >= 15 is 0 Å². The molecule has 0 spiro atoms. The Morgan fingerprint density at radius 3 is 2.52 bits per heavy atom. The van der Waals surface area contributed by atoms with E-state index in [4.69, 9.17) is 16.7 Å². The molecule has 6 heteroatoms. The van der Waals surface area contributed by atoms with E-state index in [1.54, 1.807) is 29.0 Å². The van der Waals surface area contributed by atoms with E-state index < -0.39 is 17.5 Å². The summed E-state index contributed by atoms with van der Waals surface area (Å²) in [6, 6.07) is 10.5. The van der Waals surface area contributed by atoms with Gasteiger partial charge in [-0.15, -0.1) is 0 Å². The predicted octanol–water partition coefficient (Wildman–Crippen LogP) is 2.74. The lowest BCUT2D eigenvalue weighted by Crippen LogP contribution is -2.10. The van der Waals surface area contributed by atoms with Crippen molar-refractivity contribution in [1.82, 2.24) is 4.57 Å². The largest absolute Gasteiger partial charge is 0.506 e. The number of aromatic nitrogens is 1. The Morgan fingerprint density at radius 2 is 1.86 bits per heavy atom. The average molecular weight is 306 g/mol. The van der Waals surface area contributed by atoms with Crippen molar-refractivity contribution in [3.05, 3.63) is 65.0 Å². The van der Waals surface area contributed by atoms with Gasteiger partial charge < -0.3 is 14.8 Å². The second-order valence-electron chi connectivity index (χ2n) is 4.31. The standard InChI is InChI=1S/C15H12ClNO4/c16-11-5-2-1-4-10(11)9-17-7-3-6-12(17)13(18)8-14(19)15(20)21/h1-8,18H,9H2,(H,20,21). The minimum absolute atomic E-state index is 0.338. The molecule has 1 heterocycles. The summed E-state index contributed by atoms with van der Waals surface area (Å²) in [6.07, 6.45) is 2.38. The van der Waals surface area contributed by atoms with Crippen LogP contribution in [0, 0.1) is 0 Å². The van der Waals surface area contributed by atoms with Crippen molar-refractivity contribution in [2.45, 2.75) is 6.54 Å². The maximum Gasteiger partial charge on any atom is 0.376 e. The zero-order valence-corrected chi connectivity index (χ0v) is 11.6. The summed E-state index contributed by atoms with van der Waals surface area (Å²) >= 11 is 6.08. The molecule has 0 bridgehead atoms. The number of halogens is 1. The van der Waals surface area contributed by atoms with Gasteiger partial charge in [-0.05, 0) is 23.8 Å². The molecule has 1 aromatic carbocycles. The fourth-order valence-corrected chi connectivity index (χ4v) is 2.05. The minimum Gasteiger partial charge on any atom is -0.506 e. The number of ketones is 1. The van der Waals surface area contributed by atoms with E-state index in [9.17, 15) is 14.7 Å². The molecule has 0 saturated carbocycles. The number of carboxylic acids is 1. The summed E-state index contributed by atoms with van der Waals surface area (Å²) in [5, 5.41) is 19.0. The highest BCUT2D eigenvalue weighted by Crippen LogP contribution is 2.19. The molecular formula is C15H12ClNO4. The normalized spacial score (nSPS) is 11.4. The van der Waals surface area contributed by atoms with Gasteiger partial charge in [0.25, 0.3) is 5.78 Å². The average Bonchev–Trinajstić information content (AvgIpc) is 2.89. The molecule has 1 aromatic heterocycles. The quantitative estimate of drug-likeness (QED) is 0.506. The fourth-order valence-electron chi connectivity index (χ4n) is 1.85. The first-order valence-electron chi connectivity index (χ1n) is 6.06. The third kappa shape index (κ3) is 3.52. The van der Waals surface area contributed by atoms with Crippen LogP contribution in [0.25, 0.3) is 5.76 Å². The lowest BCUT2D eigenvalue weighted by Gasteiger charge is -2.10. The molecule has 2 rings (SSSR count). The number of carbonyl (C=O) groups is 2. The molecular weight excluding hydrogens is 294 g/mol. The van der Waals surface area contributed by atoms with Gasteiger partial charge in [0, 0.05) is 23.8 Å². The highest BCUT2D eigenvalue weighted by molar-refractivity contribution is 6.38. The first-order chi connectivity index (χ1) is 9.99. The molecule has 108 valence electrons. The van der Waals surface area contributed by atoms with E-state index in [2.05, 4.69) is 0 Å². The van der Waals surface area contributed by atoms with Crippen molar-refractivity contribution in [2.24, 2.45) is 0 Å². The van der Waals surface area contributed by atoms with Gasteiger partial charge in [0.15, 0.2) is 0 Å². The van der Waals surface area contributed by atoms with Gasteiger partial charge in [-0.1, -0.05) is 29.8 Å². The Balaban J connectivity index is 2.29. The van der Waals surface area contributed by atoms with Gasteiger partial charge in [-0.3, -0.25) is 4.79 Å². The number of rotatable bonds is 5. The Labute approximate surface area is 125 Å². The fraction of sp³-hybridized carbons (Fsp3) is 0.0667. The first kappa shape index (κ1) is 14.9. The maximum atomic E-state index is 11.1. The number of carbonyl (C=O) groups excluding carboxylic acids is 1. The van der Waals surface area contributed by atoms with Crippen molar-refractivity contribution in [3.63, 3.8) is 0 Å². The maximum absolute atomic E-state index is 11.1. The van der Waals surface area contributed by atoms with Gasteiger partial charge >= 0.3 is 5.97 Å². The van der Waals surface area contributed by atoms with Crippen LogP contribution in [0.2, 0.25) is 5.02 Å². The molecule has 2 N–H and O–H groups in total. The predicted molar refractivity (Wildman–Crippen MR) is 78.2 cm³/mol. The molecule has 0 unspecified atom stereocenters. The highest BCUT2D eigenvalue weighted by Gasteiger charge is 2.13. The van der Waals surface area contributed by atoms with Gasteiger partial charge in [-0.2, -0.15) is 0 Å². The van der Waals surface area contributed by atoms with E-state index in [0.717, 1.165) is 5.56 Å². The van der Waals surface area contributed by atoms with Crippen molar-refractivity contribution >= 4 is 29.1 Å². The second kappa shape index (κ2) is 6.28. The van der Waals surface area contributed by atoms with Gasteiger partial charge in [-0.25, -0.2) is 4.79 Å². The SMILES string of the molecule is O=C(O)C(=O)C=C(O)c1cccn1Cc1ccccc1Cl. The van der Waals surface area contributed by atoms with Crippen molar-refractivity contribution in [3.8, 4) is 0 Å². The highest BCUT2D eigenvalue weighted by atomic mass is 35.5. The van der Waals surface area contributed by atoms with Crippen molar-refractivity contribution in [1.29, 1.82) is 0 Å². The molecule has 0 atom stereocenters. The molecule has 5 nitrogen and oxygen atoms in total. The topological polar surface area (TPSA) is 79.5 Å².